The summed E-state index contributed by atoms with van der Waals surface area (Å²) in [6.07, 6.45) is 3.59. The van der Waals surface area contributed by atoms with Gasteiger partial charge < -0.3 is 35.7 Å². The minimum absolute atomic E-state index is 0. The molecule has 0 spiro atoms. The number of aromatic nitrogens is 4. The van der Waals surface area contributed by atoms with Crippen molar-refractivity contribution in [1.82, 2.24) is 19.9 Å². The van der Waals surface area contributed by atoms with Crippen molar-refractivity contribution in [2.75, 3.05) is 37.5 Å². The van der Waals surface area contributed by atoms with Crippen LogP contribution in [0.5, 0.6) is 0 Å². The zero-order valence-electron chi connectivity index (χ0n) is 44.0. The fraction of sp³-hybridized carbons (Fsp3) is 0.350. The number of nitrogens with zero attached hydrogens (tertiary/aromatic N) is 5. The van der Waals surface area contributed by atoms with Gasteiger partial charge in [-0.2, -0.15) is 0 Å². The summed E-state index contributed by atoms with van der Waals surface area (Å²) in [5.74, 6) is -2.57. The van der Waals surface area contributed by atoms with Gasteiger partial charge in [0.1, 0.15) is 4.60 Å². The minimum atomic E-state index is -0.667. The number of nitrogen functional groups attached to an aromatic ring is 1. The molecule has 2 amide bonds. The predicted octanol–water partition coefficient (Wildman–Crippen LogP) is 2.60. The molecule has 76 heavy (non-hydrogen) atoms. The van der Waals surface area contributed by atoms with Gasteiger partial charge >= 0.3 is 48.6 Å². The Labute approximate surface area is 487 Å². The van der Waals surface area contributed by atoms with E-state index in [1.165, 1.54) is 20.9 Å². The second-order valence-corrected chi connectivity index (χ2v) is 15.3. The monoisotopic (exact) mass is 1140 g/mol. The molecule has 5 N–H and O–H groups in total. The maximum absolute atomic E-state index is 11.5. The molecule has 0 aliphatic carbocycles. The van der Waals surface area contributed by atoms with Crippen LogP contribution >= 0.6 is 51.9 Å². The average molecular weight is 1140 g/mol. The third-order valence-corrected chi connectivity index (χ3v) is 7.95. The van der Waals surface area contributed by atoms with Crippen LogP contribution in [0, 0.1) is 27.7 Å². The van der Waals surface area contributed by atoms with Gasteiger partial charge in [0.25, 0.3) is 0 Å². The van der Waals surface area contributed by atoms with E-state index in [0.29, 0.717) is 45.8 Å². The second-order valence-electron chi connectivity index (χ2n) is 13.5. The van der Waals surface area contributed by atoms with Crippen molar-refractivity contribution in [2.24, 2.45) is 10.0 Å². The SMILES string of the molecule is CC(N)=O.CCOC(=O)c1nc(Br)c(C)cc1Cl.CCOC(=O)c1ncc(C)cc1Cl.CCOC(=O)c1ncc(C)cc1N.CCOC(=O)c1ncc(C)cc1NC(C)=O.[B].[B]=NS.[B]B([B])[B].[B][B]B([B])[B].[B][B][B]. The Balaban J connectivity index is -0.000000192. The van der Waals surface area contributed by atoms with Crippen molar-refractivity contribution < 1.29 is 47.7 Å². The molecular weight excluding hydrogens is 1090 g/mol. The number of amides is 2. The molecule has 4 aromatic heterocycles. The van der Waals surface area contributed by atoms with Gasteiger partial charge in [-0.3, -0.25) is 9.59 Å². The van der Waals surface area contributed by atoms with Crippen LogP contribution in [-0.2, 0) is 28.5 Å². The number of aryl methyl sites for hydroxylation is 4. The van der Waals surface area contributed by atoms with E-state index in [2.05, 4.69) is 110 Å². The standard InChI is InChI=1S/C11H14N2O3.C9H9BrClNO2.C9H10ClNO2.C9H12N2O2.C2H5NO.B5.B4.B3.BHNS.B/c1-4-16-11(15)10-9(13-8(3)14)5-7(2)6-12-10;1-3-14-9(13)7-6(11)4-5(2)8(10)12-7;2*1-3-13-9(12)8-7(10)4-6(2)5-11-8;1-2(3)4;1-4-5(2)3;1-4(2)3;1-3-2;1-2-3;/h5-6H,4H2,1-3H3,(H,13,14);4H,3H2,1-2H3;4-5H,3H2,1-2H3;4-5H,3,10H2,1-2H3;1H3,(H2,3,4);;;;3H;. The number of hydrogen-bond acceptors (Lipinski definition) is 17. The van der Waals surface area contributed by atoms with Gasteiger partial charge in [-0.1, -0.05) is 23.2 Å². The molecule has 0 atom stereocenters. The summed E-state index contributed by atoms with van der Waals surface area (Å²) in [5.41, 5.74) is 15.0. The smallest absolute Gasteiger partial charge is 0 e. The van der Waals surface area contributed by atoms with Crippen LogP contribution in [0.2, 0.25) is 10.0 Å². The first kappa shape index (κ1) is 82.7. The summed E-state index contributed by atoms with van der Waals surface area (Å²) >= 11 is 18.1. The van der Waals surface area contributed by atoms with E-state index in [1.54, 1.807) is 70.6 Å². The zero-order chi connectivity index (χ0) is 59.4. The van der Waals surface area contributed by atoms with E-state index in [0.717, 1.165) is 29.3 Å². The van der Waals surface area contributed by atoms with E-state index in [-0.39, 0.29) is 49.6 Å². The number of carbonyl (C=O) groups is 6. The van der Waals surface area contributed by atoms with Crippen LogP contribution < -0.4 is 16.8 Å². The number of nitrogens with two attached hydrogens (primary N) is 2. The van der Waals surface area contributed by atoms with E-state index in [4.69, 9.17) is 71.1 Å². The van der Waals surface area contributed by atoms with Crippen LogP contribution in [0.1, 0.15) is 106 Å². The maximum Gasteiger partial charge on any atom is 0 e. The van der Waals surface area contributed by atoms with E-state index in [9.17, 15) is 28.8 Å². The van der Waals surface area contributed by atoms with Gasteiger partial charge in [0, 0.05) is 130 Å². The predicted molar refractivity (Wildman–Crippen MR) is 323 cm³/mol. The van der Waals surface area contributed by atoms with Crippen LogP contribution in [0.4, 0.5) is 11.4 Å². The number of ether oxygens (including phenoxy) is 4. The normalized spacial score (nSPS) is 8.59. The largest absolute Gasteiger partial charge is 0 e. The number of pyridine rings is 4. The molecule has 0 unspecified atom stereocenters. The molecule has 0 aromatic carbocycles. The third-order valence-electron chi connectivity index (χ3n) is 6.57. The molecular formula is C40H51B14BrCl2N8O10S. The van der Waals surface area contributed by atoms with Crippen molar-refractivity contribution in [3.05, 3.63) is 103 Å². The molecule has 380 valence electrons. The summed E-state index contributed by atoms with van der Waals surface area (Å²) in [5, 5.41) is 3.19. The summed E-state index contributed by atoms with van der Waals surface area (Å²) in [7, 11) is 44.1. The average Bonchev–Trinajstić information content (AvgIpc) is 3.29. The minimum Gasteiger partial charge on any atom is 0 e. The Kier molecular flexibility index (Phi) is 55.6. The Morgan fingerprint density at radius 3 is 1.33 bits per heavy atom. The van der Waals surface area contributed by atoms with Crippen molar-refractivity contribution in [2.45, 2.75) is 69.2 Å². The molecule has 22 radical (unpaired) electrons. The molecule has 4 heterocycles. The van der Waals surface area contributed by atoms with Crippen molar-refractivity contribution in [1.29, 1.82) is 0 Å². The third kappa shape index (κ3) is 45.5. The Hall–Kier alpha value is -4.66. The fourth-order valence-electron chi connectivity index (χ4n) is 3.96. The van der Waals surface area contributed by atoms with Crippen molar-refractivity contribution in [3.63, 3.8) is 0 Å². The number of thiol groups is 1. The number of nitrogens with one attached hydrogen (secondary N) is 1. The quantitative estimate of drug-likeness (QED) is 0.0585. The molecule has 4 aromatic rings. The van der Waals surface area contributed by atoms with Gasteiger partial charge in [0.15, 0.2) is 22.8 Å². The zero-order valence-corrected chi connectivity index (χ0v) is 48.0. The number of anilines is 2. The van der Waals surface area contributed by atoms with Crippen LogP contribution in [0.25, 0.3) is 0 Å². The molecule has 0 aliphatic rings. The van der Waals surface area contributed by atoms with Gasteiger partial charge in [0.2, 0.25) is 11.8 Å². The maximum atomic E-state index is 11.5. The number of primary amides is 1. The summed E-state index contributed by atoms with van der Waals surface area (Å²) in [4.78, 5) is 81.2. The number of esters is 4. The van der Waals surface area contributed by atoms with Gasteiger partial charge in [-0.05, 0) is 118 Å². The van der Waals surface area contributed by atoms with Crippen LogP contribution in [-0.4, -0.2) is 187 Å². The summed E-state index contributed by atoms with van der Waals surface area (Å²) in [6.45, 7) is 18.2. The summed E-state index contributed by atoms with van der Waals surface area (Å²) < 4.78 is 22.5. The number of carbonyl (C=O) groups excluding carboxylic acids is 6. The second kappa shape index (κ2) is 51.1. The topological polar surface area (TPSA) is 267 Å². The molecule has 0 bridgehead atoms. The Morgan fingerprint density at radius 1 is 0.684 bits per heavy atom. The van der Waals surface area contributed by atoms with Crippen molar-refractivity contribution in [3.8, 4) is 0 Å². The fourth-order valence-corrected chi connectivity index (χ4v) is 4.83. The van der Waals surface area contributed by atoms with E-state index >= 15 is 0 Å². The molecule has 0 fully saturated rings. The Morgan fingerprint density at radius 2 is 0.987 bits per heavy atom. The van der Waals surface area contributed by atoms with Gasteiger partial charge in [-0.25, -0.2) is 39.1 Å². The molecule has 36 heteroatoms. The van der Waals surface area contributed by atoms with Crippen LogP contribution in [0.3, 0.4) is 0 Å². The number of halogens is 3. The number of hydrogen-bond donors (Lipinski definition) is 4. The molecule has 4 rings (SSSR count). The molecule has 18 nitrogen and oxygen atoms in total. The first-order valence-corrected chi connectivity index (χ1v) is 23.4. The summed E-state index contributed by atoms with van der Waals surface area (Å²) in [6, 6.07) is 6.73. The first-order valence-electron chi connectivity index (χ1n) is 21.4. The molecule has 0 aliphatic heterocycles. The van der Waals surface area contributed by atoms with Crippen LogP contribution in [0.15, 0.2) is 51.8 Å². The first-order chi connectivity index (χ1) is 35.0. The van der Waals surface area contributed by atoms with Gasteiger partial charge in [0.05, 0.1) is 47.8 Å². The Bertz CT molecular complexity index is 2280. The number of rotatable bonds is 10. The molecule has 0 saturated heterocycles. The van der Waals surface area contributed by atoms with Gasteiger partial charge in [-0.15, -0.1) is 0 Å². The molecule has 0 saturated carbocycles. The van der Waals surface area contributed by atoms with E-state index in [1.807, 2.05) is 27.7 Å². The van der Waals surface area contributed by atoms with E-state index < -0.39 is 36.6 Å². The van der Waals surface area contributed by atoms with Crippen molar-refractivity contribution >= 4 is 204 Å².